The van der Waals surface area contributed by atoms with Crippen molar-refractivity contribution in [2.24, 2.45) is 5.14 Å². The van der Waals surface area contributed by atoms with Crippen molar-refractivity contribution in [3.8, 4) is 6.07 Å². The standard InChI is InChI=1S/C14H14Br2N6O3S/c1-7(6-23)20-13-11(16)5-19-14(22-13)21-9-2-8(4-17)12(10(15)3-9)26(18,24)25/h2-3,5,7,23H,6H2,1H3,(H2,18,24,25)(H2,19,20,21,22)/t7-/m1/s1. The van der Waals surface area contributed by atoms with Crippen LogP contribution in [0.4, 0.5) is 17.5 Å². The molecule has 0 amide bonds. The molecular weight excluding hydrogens is 492 g/mol. The molecule has 0 unspecified atom stereocenters. The fraction of sp³-hybridized carbons (Fsp3) is 0.214. The molecule has 9 nitrogen and oxygen atoms in total. The molecule has 0 aliphatic carbocycles. The largest absolute Gasteiger partial charge is 0.394 e. The highest BCUT2D eigenvalue weighted by Gasteiger charge is 2.20. The maximum atomic E-state index is 11.6. The normalized spacial score (nSPS) is 12.3. The van der Waals surface area contributed by atoms with Crippen LogP contribution in [0.25, 0.3) is 0 Å². The molecular formula is C14H14Br2N6O3S. The van der Waals surface area contributed by atoms with Gasteiger partial charge in [-0.25, -0.2) is 18.5 Å². The van der Waals surface area contributed by atoms with Crippen molar-refractivity contribution in [3.63, 3.8) is 0 Å². The Hall–Kier alpha value is -1.78. The second-order valence-electron chi connectivity index (χ2n) is 5.23. The van der Waals surface area contributed by atoms with Crippen molar-refractivity contribution in [3.05, 3.63) is 32.8 Å². The average molecular weight is 506 g/mol. The van der Waals surface area contributed by atoms with Gasteiger partial charge in [-0.1, -0.05) is 0 Å². The zero-order valence-electron chi connectivity index (χ0n) is 13.4. The summed E-state index contributed by atoms with van der Waals surface area (Å²) in [6.45, 7) is 1.71. The summed E-state index contributed by atoms with van der Waals surface area (Å²) >= 11 is 6.43. The van der Waals surface area contributed by atoms with E-state index in [0.717, 1.165) is 0 Å². The number of halogens is 2. The lowest BCUT2D eigenvalue weighted by Crippen LogP contribution is -2.20. The Bertz CT molecular complexity index is 977. The van der Waals surface area contributed by atoms with E-state index >= 15 is 0 Å². The number of hydrogen-bond donors (Lipinski definition) is 4. The number of hydrogen-bond acceptors (Lipinski definition) is 8. The van der Waals surface area contributed by atoms with Gasteiger partial charge in [-0.2, -0.15) is 10.2 Å². The molecule has 0 spiro atoms. The maximum Gasteiger partial charge on any atom is 0.240 e. The van der Waals surface area contributed by atoms with Crippen molar-refractivity contribution < 1.29 is 13.5 Å². The van der Waals surface area contributed by atoms with Gasteiger partial charge in [0.25, 0.3) is 0 Å². The number of rotatable bonds is 6. The van der Waals surface area contributed by atoms with Crippen LogP contribution in [0.1, 0.15) is 12.5 Å². The van der Waals surface area contributed by atoms with Crippen LogP contribution in [0.5, 0.6) is 0 Å². The van der Waals surface area contributed by atoms with Gasteiger partial charge in [-0.05, 0) is 50.9 Å². The summed E-state index contributed by atoms with van der Waals surface area (Å²) in [5, 5.41) is 29.4. The molecule has 26 heavy (non-hydrogen) atoms. The van der Waals surface area contributed by atoms with E-state index < -0.39 is 10.0 Å². The Morgan fingerprint density at radius 2 is 2.08 bits per heavy atom. The van der Waals surface area contributed by atoms with Crippen molar-refractivity contribution in [2.45, 2.75) is 17.9 Å². The molecule has 138 valence electrons. The van der Waals surface area contributed by atoms with Gasteiger partial charge in [-0.15, -0.1) is 0 Å². The van der Waals surface area contributed by atoms with E-state index in [1.807, 2.05) is 0 Å². The van der Waals surface area contributed by atoms with Crippen LogP contribution in [0.15, 0.2) is 32.2 Å². The van der Waals surface area contributed by atoms with Crippen LogP contribution in [0.3, 0.4) is 0 Å². The van der Waals surface area contributed by atoms with E-state index in [-0.39, 0.29) is 33.5 Å². The van der Waals surface area contributed by atoms with E-state index in [1.165, 1.54) is 18.3 Å². The quantitative estimate of drug-likeness (QED) is 0.465. The van der Waals surface area contributed by atoms with Crippen molar-refractivity contribution in [1.82, 2.24) is 9.97 Å². The third-order valence-corrected chi connectivity index (χ3v) is 5.58. The second kappa shape index (κ2) is 8.28. The summed E-state index contributed by atoms with van der Waals surface area (Å²) < 4.78 is 24.0. The molecule has 2 aromatic rings. The fourth-order valence-electron chi connectivity index (χ4n) is 1.97. The van der Waals surface area contributed by atoms with E-state index in [4.69, 9.17) is 10.2 Å². The number of anilines is 3. The highest BCUT2D eigenvalue weighted by molar-refractivity contribution is 9.10. The number of sulfonamides is 1. The molecule has 2 rings (SSSR count). The highest BCUT2D eigenvalue weighted by atomic mass is 79.9. The van der Waals surface area contributed by atoms with Crippen LogP contribution in [-0.2, 0) is 10.0 Å². The topological polar surface area (TPSA) is 154 Å². The first-order chi connectivity index (χ1) is 12.2. The summed E-state index contributed by atoms with van der Waals surface area (Å²) in [7, 11) is -4.06. The van der Waals surface area contributed by atoms with E-state index in [9.17, 15) is 13.7 Å². The summed E-state index contributed by atoms with van der Waals surface area (Å²) in [6.07, 6.45) is 1.51. The minimum atomic E-state index is -4.06. The Morgan fingerprint density at radius 1 is 1.38 bits per heavy atom. The lowest BCUT2D eigenvalue weighted by Gasteiger charge is -2.14. The van der Waals surface area contributed by atoms with Gasteiger partial charge in [-0.3, -0.25) is 0 Å². The molecule has 0 fully saturated rings. The van der Waals surface area contributed by atoms with Gasteiger partial charge in [0.1, 0.15) is 16.8 Å². The van der Waals surface area contributed by atoms with Crippen LogP contribution >= 0.6 is 31.9 Å². The number of aromatic nitrogens is 2. The molecule has 0 radical (unpaired) electrons. The molecule has 1 heterocycles. The van der Waals surface area contributed by atoms with Crippen LogP contribution in [-0.4, -0.2) is 36.1 Å². The zero-order chi connectivity index (χ0) is 19.5. The number of primary sulfonamides is 1. The number of aliphatic hydroxyl groups excluding tert-OH is 1. The average Bonchev–Trinajstić information content (AvgIpc) is 2.55. The van der Waals surface area contributed by atoms with E-state index in [2.05, 4.69) is 52.5 Å². The number of nitriles is 1. The van der Waals surface area contributed by atoms with Crippen molar-refractivity contribution >= 4 is 59.3 Å². The van der Waals surface area contributed by atoms with Gasteiger partial charge >= 0.3 is 0 Å². The smallest absolute Gasteiger partial charge is 0.240 e. The van der Waals surface area contributed by atoms with Gasteiger partial charge in [0.15, 0.2) is 0 Å². The maximum absolute atomic E-state index is 11.6. The Morgan fingerprint density at radius 3 is 2.65 bits per heavy atom. The van der Waals surface area contributed by atoms with Gasteiger partial charge in [0.2, 0.25) is 16.0 Å². The fourth-order valence-corrected chi connectivity index (χ4v) is 4.16. The molecule has 0 saturated carbocycles. The van der Waals surface area contributed by atoms with Crippen LogP contribution in [0, 0.1) is 11.3 Å². The molecule has 0 aliphatic heterocycles. The predicted molar refractivity (Wildman–Crippen MR) is 103 cm³/mol. The molecule has 1 aromatic carbocycles. The van der Waals surface area contributed by atoms with E-state index in [1.54, 1.807) is 13.0 Å². The van der Waals surface area contributed by atoms with Crippen molar-refractivity contribution in [1.29, 1.82) is 5.26 Å². The highest BCUT2D eigenvalue weighted by Crippen LogP contribution is 2.30. The first-order valence-electron chi connectivity index (χ1n) is 7.09. The zero-order valence-corrected chi connectivity index (χ0v) is 17.4. The Kier molecular flexibility index (Phi) is 6.53. The van der Waals surface area contributed by atoms with Gasteiger partial charge in [0.05, 0.1) is 16.6 Å². The third kappa shape index (κ3) is 4.89. The van der Waals surface area contributed by atoms with Crippen LogP contribution in [0.2, 0.25) is 0 Å². The SMILES string of the molecule is C[C@H](CO)Nc1nc(Nc2cc(Br)c(S(N)(=O)=O)c(C#N)c2)ncc1Br. The molecule has 5 N–H and O–H groups in total. The minimum absolute atomic E-state index is 0.0767. The molecule has 1 aromatic heterocycles. The second-order valence-corrected chi connectivity index (χ2v) is 8.44. The summed E-state index contributed by atoms with van der Waals surface area (Å²) in [5.41, 5.74) is 0.276. The lowest BCUT2D eigenvalue weighted by molar-refractivity contribution is 0.281. The molecule has 0 saturated heterocycles. The Labute approximate surface area is 167 Å². The van der Waals surface area contributed by atoms with Crippen LogP contribution < -0.4 is 15.8 Å². The third-order valence-electron chi connectivity index (χ3n) is 3.11. The first-order valence-corrected chi connectivity index (χ1v) is 10.2. The Balaban J connectivity index is 2.39. The summed E-state index contributed by atoms with van der Waals surface area (Å²) in [6, 6.07) is 4.37. The molecule has 12 heteroatoms. The van der Waals surface area contributed by atoms with Gasteiger partial charge in [0, 0.05) is 22.4 Å². The van der Waals surface area contributed by atoms with E-state index in [0.29, 0.717) is 16.0 Å². The minimum Gasteiger partial charge on any atom is -0.394 e. The monoisotopic (exact) mass is 504 g/mol. The predicted octanol–water partition coefficient (Wildman–Crippen LogP) is 2.06. The molecule has 0 aliphatic rings. The molecule has 0 bridgehead atoms. The number of benzene rings is 1. The van der Waals surface area contributed by atoms with Gasteiger partial charge < -0.3 is 15.7 Å². The summed E-state index contributed by atoms with van der Waals surface area (Å²) in [4.78, 5) is 8.10. The summed E-state index contributed by atoms with van der Waals surface area (Å²) in [5.74, 6) is 0.671. The number of nitrogens with zero attached hydrogens (tertiary/aromatic N) is 3. The number of aliphatic hydroxyl groups is 1. The number of nitrogens with two attached hydrogens (primary N) is 1. The first kappa shape index (κ1) is 20.5. The van der Waals surface area contributed by atoms with Crippen molar-refractivity contribution in [2.75, 3.05) is 17.2 Å². The molecule has 1 atom stereocenters. The number of nitrogens with one attached hydrogen (secondary N) is 2. The lowest BCUT2D eigenvalue weighted by atomic mass is 10.2.